The van der Waals surface area contributed by atoms with Gasteiger partial charge >= 0.3 is 11.9 Å². The Morgan fingerprint density at radius 3 is 2.81 bits per heavy atom. The summed E-state index contributed by atoms with van der Waals surface area (Å²) in [7, 11) is 0. The van der Waals surface area contributed by atoms with E-state index in [9.17, 15) is 19.5 Å². The molecule has 1 heterocycles. The first kappa shape index (κ1) is 22.7. The molecule has 3 rings (SSSR count). The number of amides is 1. The lowest BCUT2D eigenvalue weighted by Gasteiger charge is -2.26. The zero-order chi connectivity index (χ0) is 22.4. The molecule has 0 spiro atoms. The van der Waals surface area contributed by atoms with Crippen LogP contribution in [0.15, 0.2) is 42.5 Å². The molecule has 0 saturated carbocycles. The summed E-state index contributed by atoms with van der Waals surface area (Å²) in [6, 6.07) is 11.8. The van der Waals surface area contributed by atoms with Gasteiger partial charge in [0.1, 0.15) is 17.9 Å². The van der Waals surface area contributed by atoms with Crippen LogP contribution in [-0.4, -0.2) is 47.6 Å². The summed E-state index contributed by atoms with van der Waals surface area (Å²) >= 11 is 1.51. The third kappa shape index (κ3) is 5.79. The van der Waals surface area contributed by atoms with E-state index >= 15 is 0 Å². The van der Waals surface area contributed by atoms with Gasteiger partial charge in [0.15, 0.2) is 6.61 Å². The van der Waals surface area contributed by atoms with E-state index in [1.54, 1.807) is 18.2 Å². The molecular formula is C23H25NO6S. The minimum absolute atomic E-state index is 0.329. The van der Waals surface area contributed by atoms with E-state index < -0.39 is 30.0 Å². The van der Waals surface area contributed by atoms with Crippen molar-refractivity contribution in [1.82, 2.24) is 5.32 Å². The molecule has 0 fully saturated rings. The summed E-state index contributed by atoms with van der Waals surface area (Å²) in [6.07, 6.45) is 2.17. The fraction of sp³-hybridized carbons (Fsp3) is 0.348. The second-order valence-corrected chi connectivity index (χ2v) is 8.31. The predicted molar refractivity (Wildman–Crippen MR) is 118 cm³/mol. The number of fused-ring (bicyclic) bond motifs is 1. The minimum Gasteiger partial charge on any atom is -0.483 e. The van der Waals surface area contributed by atoms with Crippen LogP contribution in [0, 0.1) is 6.92 Å². The van der Waals surface area contributed by atoms with Crippen LogP contribution in [0.4, 0.5) is 0 Å². The van der Waals surface area contributed by atoms with E-state index in [4.69, 9.17) is 9.47 Å². The number of benzene rings is 2. The van der Waals surface area contributed by atoms with Crippen molar-refractivity contribution in [1.29, 1.82) is 0 Å². The number of rotatable bonds is 9. The highest BCUT2D eigenvalue weighted by Crippen LogP contribution is 2.35. The second kappa shape index (κ2) is 10.3. The summed E-state index contributed by atoms with van der Waals surface area (Å²) in [5.74, 6) is -0.948. The Labute approximate surface area is 185 Å². The van der Waals surface area contributed by atoms with Crippen LogP contribution in [0.5, 0.6) is 5.75 Å². The molecule has 2 aromatic carbocycles. The molecule has 8 heteroatoms. The number of esters is 1. The third-order valence-corrected chi connectivity index (χ3v) is 5.65. The average molecular weight is 444 g/mol. The molecule has 1 aliphatic heterocycles. The molecule has 0 aliphatic carbocycles. The second-order valence-electron chi connectivity index (χ2n) is 7.32. The normalized spacial score (nSPS) is 16.1. The van der Waals surface area contributed by atoms with Gasteiger partial charge in [0.2, 0.25) is 0 Å². The van der Waals surface area contributed by atoms with Crippen molar-refractivity contribution in [2.45, 2.75) is 31.9 Å². The molecule has 2 atom stereocenters. The number of carboxylic acids is 1. The minimum atomic E-state index is -1.08. The molecule has 0 bridgehead atoms. The molecule has 164 valence electrons. The lowest BCUT2D eigenvalue weighted by atomic mass is 9.93. The predicted octanol–water partition coefficient (Wildman–Crippen LogP) is 3.15. The highest BCUT2D eigenvalue weighted by Gasteiger charge is 2.29. The number of hydrogen-bond donors (Lipinski definition) is 2. The van der Waals surface area contributed by atoms with E-state index in [0.29, 0.717) is 35.5 Å². The van der Waals surface area contributed by atoms with Gasteiger partial charge in [-0.2, -0.15) is 11.8 Å². The monoisotopic (exact) mass is 443 g/mol. The lowest BCUT2D eigenvalue weighted by Crippen LogP contribution is -2.43. The number of aliphatic carboxylic acids is 1. The molecule has 31 heavy (non-hydrogen) atoms. The Balaban J connectivity index is 1.72. The zero-order valence-corrected chi connectivity index (χ0v) is 18.2. The number of hydrogen-bond acceptors (Lipinski definition) is 6. The maximum absolute atomic E-state index is 12.4. The van der Waals surface area contributed by atoms with Gasteiger partial charge in [-0.25, -0.2) is 9.59 Å². The van der Waals surface area contributed by atoms with Crippen LogP contribution in [0.25, 0.3) is 0 Å². The van der Waals surface area contributed by atoms with Gasteiger partial charge in [0.25, 0.3) is 5.91 Å². The van der Waals surface area contributed by atoms with Crippen LogP contribution < -0.4 is 10.1 Å². The fourth-order valence-electron chi connectivity index (χ4n) is 3.43. The van der Waals surface area contributed by atoms with Gasteiger partial charge in [0.05, 0.1) is 5.56 Å². The Morgan fingerprint density at radius 1 is 1.29 bits per heavy atom. The first-order chi connectivity index (χ1) is 14.9. The Hall–Kier alpha value is -3.00. The highest BCUT2D eigenvalue weighted by molar-refractivity contribution is 7.98. The molecule has 7 nitrogen and oxygen atoms in total. The number of cyclic esters (lactones) is 1. The van der Waals surface area contributed by atoms with Crippen LogP contribution in [-0.2, 0) is 20.7 Å². The van der Waals surface area contributed by atoms with E-state index in [0.717, 1.165) is 11.1 Å². The number of ether oxygens (including phenoxy) is 2. The standard InChI is InChI=1S/C23H25NO6S/c1-14-7-8-19(29-13-21(25)24-18(22(26)27)9-10-31-2)17(11-14)20-12-15-5-3-4-6-16(15)23(28)30-20/h3-8,11,18,20H,9-10,12-13H2,1-2H3,(H,24,25)(H,26,27). The lowest BCUT2D eigenvalue weighted by molar-refractivity contribution is -0.142. The molecule has 2 N–H and O–H groups in total. The number of carbonyl (C=O) groups is 3. The first-order valence-corrected chi connectivity index (χ1v) is 11.3. The van der Waals surface area contributed by atoms with Gasteiger partial charge in [-0.3, -0.25) is 4.79 Å². The molecule has 0 saturated heterocycles. The largest absolute Gasteiger partial charge is 0.483 e. The summed E-state index contributed by atoms with van der Waals surface area (Å²) in [4.78, 5) is 36.0. The van der Waals surface area contributed by atoms with E-state index in [1.807, 2.05) is 37.4 Å². The molecule has 1 amide bonds. The number of carbonyl (C=O) groups excluding carboxylic acids is 2. The van der Waals surface area contributed by atoms with E-state index in [-0.39, 0.29) is 6.61 Å². The highest BCUT2D eigenvalue weighted by atomic mass is 32.2. The molecule has 0 aromatic heterocycles. The van der Waals surface area contributed by atoms with Crippen molar-refractivity contribution in [3.8, 4) is 5.75 Å². The quantitative estimate of drug-likeness (QED) is 0.574. The molecule has 1 aliphatic rings. The third-order valence-electron chi connectivity index (χ3n) is 5.01. The van der Waals surface area contributed by atoms with Gasteiger partial charge in [-0.05, 0) is 49.1 Å². The molecular weight excluding hydrogens is 418 g/mol. The van der Waals surface area contributed by atoms with Gasteiger partial charge in [-0.15, -0.1) is 0 Å². The maximum Gasteiger partial charge on any atom is 0.339 e. The van der Waals surface area contributed by atoms with Crippen molar-refractivity contribution < 1.29 is 29.0 Å². The van der Waals surface area contributed by atoms with Gasteiger partial charge < -0.3 is 19.9 Å². The van der Waals surface area contributed by atoms with Crippen LogP contribution >= 0.6 is 11.8 Å². The number of thioether (sulfide) groups is 1. The van der Waals surface area contributed by atoms with Crippen LogP contribution in [0.1, 0.15) is 39.6 Å². The topological polar surface area (TPSA) is 102 Å². The Kier molecular flexibility index (Phi) is 7.57. The van der Waals surface area contributed by atoms with Gasteiger partial charge in [-0.1, -0.05) is 29.8 Å². The summed E-state index contributed by atoms with van der Waals surface area (Å²) in [5, 5.41) is 11.8. The molecule has 0 radical (unpaired) electrons. The number of aryl methyl sites for hydroxylation is 1. The fourth-order valence-corrected chi connectivity index (χ4v) is 3.90. The van der Waals surface area contributed by atoms with Crippen molar-refractivity contribution in [3.63, 3.8) is 0 Å². The maximum atomic E-state index is 12.4. The SMILES string of the molecule is CSCCC(NC(=O)COc1ccc(C)cc1C1Cc2ccccc2C(=O)O1)C(=O)O. The van der Waals surface area contributed by atoms with Crippen molar-refractivity contribution in [2.24, 2.45) is 0 Å². The van der Waals surface area contributed by atoms with E-state index in [2.05, 4.69) is 5.32 Å². The van der Waals surface area contributed by atoms with Crippen LogP contribution in [0.3, 0.4) is 0 Å². The average Bonchev–Trinajstić information content (AvgIpc) is 2.75. The van der Waals surface area contributed by atoms with Crippen molar-refractivity contribution >= 4 is 29.6 Å². The number of nitrogens with one attached hydrogen (secondary N) is 1. The Bertz CT molecular complexity index is 976. The smallest absolute Gasteiger partial charge is 0.339 e. The summed E-state index contributed by atoms with van der Waals surface area (Å²) in [5.41, 5.74) is 3.09. The molecule has 2 aromatic rings. The van der Waals surface area contributed by atoms with Crippen LogP contribution in [0.2, 0.25) is 0 Å². The van der Waals surface area contributed by atoms with Crippen molar-refractivity contribution in [2.75, 3.05) is 18.6 Å². The first-order valence-electron chi connectivity index (χ1n) is 9.92. The van der Waals surface area contributed by atoms with Crippen molar-refractivity contribution in [3.05, 3.63) is 64.7 Å². The zero-order valence-electron chi connectivity index (χ0n) is 17.4. The summed E-state index contributed by atoms with van der Waals surface area (Å²) in [6.45, 7) is 1.58. The molecule has 2 unspecified atom stereocenters. The number of carboxylic acid groups (broad SMARTS) is 1. The van der Waals surface area contributed by atoms with E-state index in [1.165, 1.54) is 11.8 Å². The summed E-state index contributed by atoms with van der Waals surface area (Å²) < 4.78 is 11.4. The van der Waals surface area contributed by atoms with Gasteiger partial charge in [0, 0.05) is 12.0 Å². The Morgan fingerprint density at radius 2 is 2.06 bits per heavy atom.